The lowest BCUT2D eigenvalue weighted by molar-refractivity contribution is -0.134. The number of nitrogens with zero attached hydrogens (tertiary/aromatic N) is 2. The molecule has 0 aromatic heterocycles. The van der Waals surface area contributed by atoms with Crippen molar-refractivity contribution in [3.63, 3.8) is 0 Å². The largest absolute Gasteiger partial charge is 0.369 e. The third-order valence-electron chi connectivity index (χ3n) is 7.05. The lowest BCUT2D eigenvalue weighted by atomic mass is 9.75. The molecule has 3 aliphatic rings. The van der Waals surface area contributed by atoms with E-state index in [0.717, 1.165) is 32.7 Å². The van der Waals surface area contributed by atoms with Gasteiger partial charge in [0.15, 0.2) is 0 Å². The van der Waals surface area contributed by atoms with Crippen LogP contribution in [0.15, 0.2) is 12.1 Å². The lowest BCUT2D eigenvalue weighted by Gasteiger charge is -2.42. The second-order valence-corrected chi connectivity index (χ2v) is 9.46. The van der Waals surface area contributed by atoms with Gasteiger partial charge >= 0.3 is 0 Å². The predicted molar refractivity (Wildman–Crippen MR) is 111 cm³/mol. The van der Waals surface area contributed by atoms with Gasteiger partial charge in [-0.1, -0.05) is 26.2 Å². The molecule has 5 nitrogen and oxygen atoms in total. The van der Waals surface area contributed by atoms with E-state index in [9.17, 15) is 18.4 Å². The summed E-state index contributed by atoms with van der Waals surface area (Å²) in [6, 6.07) is 2.67. The molecule has 2 amide bonds. The smallest absolute Gasteiger partial charge is 0.234 e. The van der Waals surface area contributed by atoms with Gasteiger partial charge in [0, 0.05) is 50.4 Å². The first kappa shape index (κ1) is 21.2. The summed E-state index contributed by atoms with van der Waals surface area (Å²) in [5, 5.41) is 2.17. The van der Waals surface area contributed by atoms with E-state index in [1.54, 1.807) is 0 Å². The van der Waals surface area contributed by atoms with Crippen LogP contribution >= 0.6 is 0 Å². The summed E-state index contributed by atoms with van der Waals surface area (Å²) < 4.78 is 29.6. The summed E-state index contributed by atoms with van der Waals surface area (Å²) in [6.45, 7) is 6.70. The normalized spacial score (nSPS) is 25.3. The van der Waals surface area contributed by atoms with Gasteiger partial charge in [-0.25, -0.2) is 8.78 Å². The molecule has 0 bridgehead atoms. The number of imide groups is 1. The Hall–Kier alpha value is -2.02. The van der Waals surface area contributed by atoms with Crippen LogP contribution in [0.25, 0.3) is 0 Å². The van der Waals surface area contributed by atoms with Crippen LogP contribution in [-0.2, 0) is 9.59 Å². The zero-order chi connectivity index (χ0) is 21.3. The van der Waals surface area contributed by atoms with Crippen LogP contribution in [0.3, 0.4) is 0 Å². The SMILES string of the molecule is CC1(CN2CCN(c3cc(F)c(C4CCC(=O)NC4=O)c(F)c3)CC2)CCCCC1. The Bertz CT molecular complexity index is 792. The molecule has 1 atom stereocenters. The Labute approximate surface area is 176 Å². The van der Waals surface area contributed by atoms with Crippen molar-refractivity contribution in [2.45, 2.75) is 57.8 Å². The second kappa shape index (κ2) is 8.61. The summed E-state index contributed by atoms with van der Waals surface area (Å²) in [4.78, 5) is 27.9. The van der Waals surface area contributed by atoms with Crippen LogP contribution < -0.4 is 10.2 Å². The van der Waals surface area contributed by atoms with Crippen molar-refractivity contribution in [1.82, 2.24) is 10.2 Å². The molecule has 1 unspecified atom stereocenters. The maximum absolute atomic E-state index is 14.8. The highest BCUT2D eigenvalue weighted by Crippen LogP contribution is 2.37. The third kappa shape index (κ3) is 4.51. The van der Waals surface area contributed by atoms with Gasteiger partial charge in [-0.3, -0.25) is 19.8 Å². The fraction of sp³-hybridized carbons (Fsp3) is 0.652. The maximum atomic E-state index is 14.8. The molecule has 1 N–H and O–H groups in total. The van der Waals surface area contributed by atoms with Gasteiger partial charge in [0.1, 0.15) is 11.6 Å². The molecule has 2 aliphatic heterocycles. The molecule has 4 rings (SSSR count). The number of benzene rings is 1. The molecule has 1 aliphatic carbocycles. The van der Waals surface area contributed by atoms with Crippen LogP contribution in [-0.4, -0.2) is 49.4 Å². The molecule has 1 saturated carbocycles. The van der Waals surface area contributed by atoms with E-state index < -0.39 is 29.4 Å². The van der Waals surface area contributed by atoms with Crippen molar-refractivity contribution < 1.29 is 18.4 Å². The average Bonchev–Trinajstić information content (AvgIpc) is 2.70. The number of hydrogen-bond donors (Lipinski definition) is 1. The number of rotatable bonds is 4. The van der Waals surface area contributed by atoms with Crippen LogP contribution in [0.1, 0.15) is 63.4 Å². The first-order valence-corrected chi connectivity index (χ1v) is 11.1. The Kier molecular flexibility index (Phi) is 6.09. The minimum Gasteiger partial charge on any atom is -0.369 e. The van der Waals surface area contributed by atoms with Crippen LogP contribution in [0.4, 0.5) is 14.5 Å². The number of amides is 2. The molecule has 1 aromatic rings. The minimum absolute atomic E-state index is 0.0952. The van der Waals surface area contributed by atoms with Crippen molar-refractivity contribution in [1.29, 1.82) is 0 Å². The first-order chi connectivity index (χ1) is 14.3. The molecule has 1 aromatic carbocycles. The van der Waals surface area contributed by atoms with Gasteiger partial charge in [-0.05, 0) is 36.8 Å². The topological polar surface area (TPSA) is 52.6 Å². The molecular formula is C23H31F2N3O2. The summed E-state index contributed by atoms with van der Waals surface area (Å²) in [7, 11) is 0. The fourth-order valence-corrected chi connectivity index (χ4v) is 5.32. The number of piperidine rings is 1. The Morgan fingerprint density at radius 1 is 1.03 bits per heavy atom. The summed E-state index contributed by atoms with van der Waals surface area (Å²) in [5.74, 6) is -3.40. The molecule has 2 heterocycles. The van der Waals surface area contributed by atoms with Gasteiger partial charge in [-0.15, -0.1) is 0 Å². The molecule has 7 heteroatoms. The summed E-state index contributed by atoms with van der Waals surface area (Å²) in [5.41, 5.74) is 0.680. The highest BCUT2D eigenvalue weighted by Gasteiger charge is 2.34. The molecule has 0 spiro atoms. The van der Waals surface area contributed by atoms with Gasteiger partial charge in [0.2, 0.25) is 11.8 Å². The Morgan fingerprint density at radius 2 is 1.67 bits per heavy atom. The average molecular weight is 420 g/mol. The zero-order valence-corrected chi connectivity index (χ0v) is 17.7. The van der Waals surface area contributed by atoms with E-state index in [1.807, 2.05) is 4.90 Å². The number of anilines is 1. The molecular weight excluding hydrogens is 388 g/mol. The van der Waals surface area contributed by atoms with Crippen molar-refractivity contribution in [2.24, 2.45) is 5.41 Å². The molecule has 164 valence electrons. The van der Waals surface area contributed by atoms with Crippen molar-refractivity contribution in [2.75, 3.05) is 37.6 Å². The van der Waals surface area contributed by atoms with Crippen LogP contribution in [0, 0.1) is 17.0 Å². The van der Waals surface area contributed by atoms with Gasteiger partial charge in [-0.2, -0.15) is 0 Å². The highest BCUT2D eigenvalue weighted by molar-refractivity contribution is 6.01. The van der Waals surface area contributed by atoms with Gasteiger partial charge in [0.25, 0.3) is 0 Å². The minimum atomic E-state index is -0.954. The lowest BCUT2D eigenvalue weighted by Crippen LogP contribution is -2.49. The van der Waals surface area contributed by atoms with E-state index >= 15 is 0 Å². The van der Waals surface area contributed by atoms with Gasteiger partial charge in [0.05, 0.1) is 5.92 Å². The second-order valence-electron chi connectivity index (χ2n) is 9.46. The number of nitrogens with one attached hydrogen (secondary N) is 1. The van der Waals surface area contributed by atoms with Gasteiger partial charge < -0.3 is 4.90 Å². The van der Waals surface area contributed by atoms with Crippen molar-refractivity contribution >= 4 is 17.5 Å². The molecule has 30 heavy (non-hydrogen) atoms. The third-order valence-corrected chi connectivity index (χ3v) is 7.05. The quantitative estimate of drug-likeness (QED) is 0.758. The fourth-order valence-electron chi connectivity index (χ4n) is 5.32. The van der Waals surface area contributed by atoms with E-state index in [-0.39, 0.29) is 18.4 Å². The van der Waals surface area contributed by atoms with E-state index in [1.165, 1.54) is 44.2 Å². The number of piperazine rings is 1. The number of carbonyl (C=O) groups is 2. The summed E-state index contributed by atoms with van der Waals surface area (Å²) in [6.07, 6.45) is 6.77. The predicted octanol–water partition coefficient (Wildman–Crippen LogP) is 3.58. The zero-order valence-electron chi connectivity index (χ0n) is 17.7. The van der Waals surface area contributed by atoms with E-state index in [2.05, 4.69) is 17.1 Å². The number of halogens is 2. The molecule has 0 radical (unpaired) electrons. The standard InChI is InChI=1S/C23H31F2N3O2/c1-23(7-3-2-4-8-23)15-27-9-11-28(12-10-27)16-13-18(24)21(19(25)14-16)17-5-6-20(29)26-22(17)30/h13-14,17H,2-12,15H2,1H3,(H,26,29,30). The van der Waals surface area contributed by atoms with Crippen LogP contribution in [0.5, 0.6) is 0 Å². The molecule has 2 saturated heterocycles. The monoisotopic (exact) mass is 419 g/mol. The van der Waals surface area contributed by atoms with Crippen molar-refractivity contribution in [3.05, 3.63) is 29.3 Å². The summed E-state index contributed by atoms with van der Waals surface area (Å²) >= 11 is 0. The highest BCUT2D eigenvalue weighted by atomic mass is 19.1. The molecule has 3 fully saturated rings. The number of hydrogen-bond acceptors (Lipinski definition) is 4. The Balaban J connectivity index is 1.41. The van der Waals surface area contributed by atoms with Crippen molar-refractivity contribution in [3.8, 4) is 0 Å². The van der Waals surface area contributed by atoms with Crippen LogP contribution in [0.2, 0.25) is 0 Å². The maximum Gasteiger partial charge on any atom is 0.234 e. The number of carbonyl (C=O) groups excluding carboxylic acids is 2. The van der Waals surface area contributed by atoms with E-state index in [0.29, 0.717) is 11.1 Å². The van der Waals surface area contributed by atoms with E-state index in [4.69, 9.17) is 0 Å². The Morgan fingerprint density at radius 3 is 2.27 bits per heavy atom. The first-order valence-electron chi connectivity index (χ1n) is 11.1.